The fourth-order valence-electron chi connectivity index (χ4n) is 1.09. The second kappa shape index (κ2) is 4.63. The first kappa shape index (κ1) is 10.4. The van der Waals surface area contributed by atoms with Crippen LogP contribution in [0.1, 0.15) is 5.56 Å². The van der Waals surface area contributed by atoms with Crippen LogP contribution in [0.3, 0.4) is 0 Å². The van der Waals surface area contributed by atoms with Crippen LogP contribution in [0.15, 0.2) is 29.8 Å². The van der Waals surface area contributed by atoms with E-state index in [-0.39, 0.29) is 0 Å². The third-order valence-corrected chi connectivity index (χ3v) is 3.29. The average Bonchev–Trinajstić information content (AvgIpc) is 2.63. The van der Waals surface area contributed by atoms with Gasteiger partial charge in [0.15, 0.2) is 5.16 Å². The monoisotopic (exact) mass is 240 g/mol. The number of hydrogen-bond acceptors (Lipinski definition) is 4. The van der Waals surface area contributed by atoms with Gasteiger partial charge in [-0.25, -0.2) is 14.6 Å². The molecule has 6 heteroatoms. The summed E-state index contributed by atoms with van der Waals surface area (Å²) >= 11 is 7.52. The number of thioether (sulfide) groups is 1. The van der Waals surface area contributed by atoms with Crippen molar-refractivity contribution in [1.29, 1.82) is 0 Å². The summed E-state index contributed by atoms with van der Waals surface area (Å²) in [5.41, 5.74) is 1.01. The lowest BCUT2D eigenvalue weighted by atomic mass is 10.3. The highest BCUT2D eigenvalue weighted by molar-refractivity contribution is 7.98. The molecule has 0 radical (unpaired) electrons. The molecule has 0 atom stereocenters. The van der Waals surface area contributed by atoms with Crippen molar-refractivity contribution < 1.29 is 0 Å². The molecule has 0 fully saturated rings. The Morgan fingerprint density at radius 1 is 1.47 bits per heavy atom. The van der Waals surface area contributed by atoms with Gasteiger partial charge in [-0.05, 0) is 11.6 Å². The Bertz CT molecular complexity index is 457. The second-order valence-electron chi connectivity index (χ2n) is 2.91. The molecule has 0 bridgehead atoms. The van der Waals surface area contributed by atoms with E-state index in [1.807, 2.05) is 19.2 Å². The van der Waals surface area contributed by atoms with E-state index in [1.54, 1.807) is 22.6 Å². The minimum atomic E-state index is 0.548. The molecule has 0 aliphatic rings. The maximum Gasteiger partial charge on any atom is 0.186 e. The van der Waals surface area contributed by atoms with Crippen LogP contribution in [0, 0.1) is 0 Å². The molecule has 2 heterocycles. The lowest BCUT2D eigenvalue weighted by Gasteiger charge is -2.01. The number of rotatable bonds is 3. The molecule has 2 aromatic heterocycles. The molecule has 0 saturated heterocycles. The van der Waals surface area contributed by atoms with Gasteiger partial charge >= 0.3 is 0 Å². The zero-order chi connectivity index (χ0) is 10.7. The van der Waals surface area contributed by atoms with Crippen LogP contribution >= 0.6 is 23.4 Å². The van der Waals surface area contributed by atoms with Crippen LogP contribution in [0.5, 0.6) is 0 Å². The molecule has 0 aliphatic carbocycles. The summed E-state index contributed by atoms with van der Waals surface area (Å²) < 4.78 is 1.73. The number of pyridine rings is 1. The van der Waals surface area contributed by atoms with Gasteiger partial charge in [-0.15, -0.1) is 0 Å². The van der Waals surface area contributed by atoms with Crippen molar-refractivity contribution in [3.05, 3.63) is 35.4 Å². The number of aryl methyl sites for hydroxylation is 1. The van der Waals surface area contributed by atoms with Crippen molar-refractivity contribution >= 4 is 23.4 Å². The van der Waals surface area contributed by atoms with Gasteiger partial charge in [0.25, 0.3) is 0 Å². The van der Waals surface area contributed by atoms with Crippen LogP contribution in [-0.4, -0.2) is 19.7 Å². The molecular formula is C9H9ClN4S. The van der Waals surface area contributed by atoms with Crippen molar-refractivity contribution in [2.75, 3.05) is 0 Å². The Balaban J connectivity index is 2.06. The van der Waals surface area contributed by atoms with Crippen LogP contribution in [0.4, 0.5) is 0 Å². The van der Waals surface area contributed by atoms with Gasteiger partial charge in [0, 0.05) is 19.0 Å². The van der Waals surface area contributed by atoms with Crippen LogP contribution in [0.2, 0.25) is 5.15 Å². The highest BCUT2D eigenvalue weighted by Gasteiger charge is 2.04. The van der Waals surface area contributed by atoms with E-state index >= 15 is 0 Å². The van der Waals surface area contributed by atoms with Crippen molar-refractivity contribution in [3.63, 3.8) is 0 Å². The first-order valence-electron chi connectivity index (χ1n) is 4.33. The van der Waals surface area contributed by atoms with E-state index in [4.69, 9.17) is 11.6 Å². The largest absolute Gasteiger partial charge is 0.244 e. The van der Waals surface area contributed by atoms with Crippen molar-refractivity contribution in [3.8, 4) is 0 Å². The van der Waals surface area contributed by atoms with E-state index in [0.29, 0.717) is 5.15 Å². The van der Waals surface area contributed by atoms with Crippen LogP contribution < -0.4 is 0 Å². The Labute approximate surface area is 96.7 Å². The minimum Gasteiger partial charge on any atom is -0.244 e. The van der Waals surface area contributed by atoms with Gasteiger partial charge in [-0.3, -0.25) is 0 Å². The highest BCUT2D eigenvalue weighted by Crippen LogP contribution is 2.23. The van der Waals surface area contributed by atoms with E-state index in [9.17, 15) is 0 Å². The molecule has 0 unspecified atom stereocenters. The van der Waals surface area contributed by atoms with E-state index in [0.717, 1.165) is 16.5 Å². The average molecular weight is 241 g/mol. The maximum atomic E-state index is 5.94. The van der Waals surface area contributed by atoms with Crippen LogP contribution in [0.25, 0.3) is 0 Å². The number of nitrogens with zero attached hydrogens (tertiary/aromatic N) is 4. The number of hydrogen-bond donors (Lipinski definition) is 0. The minimum absolute atomic E-state index is 0.548. The summed E-state index contributed by atoms with van der Waals surface area (Å²) in [7, 11) is 1.86. The fraction of sp³-hybridized carbons (Fsp3) is 0.222. The molecule has 15 heavy (non-hydrogen) atoms. The molecule has 0 aromatic carbocycles. The number of halogens is 1. The SMILES string of the molecule is Cn1ncnc1SCc1cccnc1Cl. The fourth-order valence-corrected chi connectivity index (χ4v) is 2.22. The predicted octanol–water partition coefficient (Wildman–Crippen LogP) is 2.16. The summed E-state index contributed by atoms with van der Waals surface area (Å²) in [6.45, 7) is 0. The van der Waals surface area contributed by atoms with Crippen molar-refractivity contribution in [2.45, 2.75) is 10.9 Å². The van der Waals surface area contributed by atoms with Gasteiger partial charge in [-0.2, -0.15) is 5.10 Å². The van der Waals surface area contributed by atoms with E-state index in [2.05, 4.69) is 15.1 Å². The molecule has 0 N–H and O–H groups in total. The smallest absolute Gasteiger partial charge is 0.186 e. The lowest BCUT2D eigenvalue weighted by Crippen LogP contribution is -1.93. The maximum absolute atomic E-state index is 5.94. The third kappa shape index (κ3) is 2.49. The van der Waals surface area contributed by atoms with Gasteiger partial charge in [0.1, 0.15) is 11.5 Å². The number of aromatic nitrogens is 4. The van der Waals surface area contributed by atoms with Gasteiger partial charge < -0.3 is 0 Å². The standard InChI is InChI=1S/C9H9ClN4S/c1-14-9(12-6-13-14)15-5-7-3-2-4-11-8(7)10/h2-4,6H,5H2,1H3. The Kier molecular flexibility index (Phi) is 3.23. The third-order valence-electron chi connectivity index (χ3n) is 1.86. The summed E-state index contributed by atoms with van der Waals surface area (Å²) in [6.07, 6.45) is 3.21. The van der Waals surface area contributed by atoms with Gasteiger partial charge in [-0.1, -0.05) is 29.4 Å². The Hall–Kier alpha value is -1.07. The van der Waals surface area contributed by atoms with Gasteiger partial charge in [0.2, 0.25) is 0 Å². The zero-order valence-electron chi connectivity index (χ0n) is 8.09. The zero-order valence-corrected chi connectivity index (χ0v) is 9.66. The molecule has 0 spiro atoms. The first-order valence-corrected chi connectivity index (χ1v) is 5.70. The second-order valence-corrected chi connectivity index (χ2v) is 4.21. The molecule has 0 amide bonds. The Morgan fingerprint density at radius 3 is 3.00 bits per heavy atom. The topological polar surface area (TPSA) is 43.6 Å². The summed E-state index contributed by atoms with van der Waals surface area (Å²) in [4.78, 5) is 8.12. The quantitative estimate of drug-likeness (QED) is 0.609. The van der Waals surface area contributed by atoms with E-state index < -0.39 is 0 Å². The molecular weight excluding hydrogens is 232 g/mol. The summed E-state index contributed by atoms with van der Waals surface area (Å²) in [5.74, 6) is 0.749. The predicted molar refractivity (Wildman–Crippen MR) is 59.8 cm³/mol. The van der Waals surface area contributed by atoms with Gasteiger partial charge in [0.05, 0.1) is 0 Å². The Morgan fingerprint density at radius 2 is 2.33 bits per heavy atom. The molecule has 0 saturated carbocycles. The van der Waals surface area contributed by atoms with E-state index in [1.165, 1.54) is 6.33 Å². The molecule has 2 rings (SSSR count). The normalized spacial score (nSPS) is 10.5. The summed E-state index contributed by atoms with van der Waals surface area (Å²) in [5, 5.41) is 5.41. The van der Waals surface area contributed by atoms with Crippen LogP contribution in [-0.2, 0) is 12.8 Å². The molecule has 2 aromatic rings. The van der Waals surface area contributed by atoms with Crippen molar-refractivity contribution in [2.24, 2.45) is 7.05 Å². The lowest BCUT2D eigenvalue weighted by molar-refractivity contribution is 0.685. The first-order chi connectivity index (χ1) is 7.27. The van der Waals surface area contributed by atoms with Crippen molar-refractivity contribution in [1.82, 2.24) is 19.7 Å². The molecule has 78 valence electrons. The highest BCUT2D eigenvalue weighted by atomic mass is 35.5. The summed E-state index contributed by atoms with van der Waals surface area (Å²) in [6, 6.07) is 3.83. The molecule has 4 nitrogen and oxygen atoms in total. The molecule has 0 aliphatic heterocycles.